The smallest absolute Gasteiger partial charge is 0.251 e. The van der Waals surface area contributed by atoms with Gasteiger partial charge in [-0.1, -0.05) is 6.07 Å². The minimum Gasteiger partial charge on any atom is -0.454 e. The third-order valence-corrected chi connectivity index (χ3v) is 5.59. The van der Waals surface area contributed by atoms with Crippen molar-refractivity contribution in [2.24, 2.45) is 11.8 Å². The van der Waals surface area contributed by atoms with E-state index < -0.39 is 0 Å². The molecule has 0 unspecified atom stereocenters. The van der Waals surface area contributed by atoms with Gasteiger partial charge in [0.05, 0.1) is 0 Å². The predicted octanol–water partition coefficient (Wildman–Crippen LogP) is 2.66. The van der Waals surface area contributed by atoms with Crippen LogP contribution in [-0.4, -0.2) is 30.1 Å². The van der Waals surface area contributed by atoms with E-state index in [-0.39, 0.29) is 24.5 Å². The first-order valence-electron chi connectivity index (χ1n) is 10.0. The topological polar surface area (TPSA) is 89.6 Å². The first-order valence-corrected chi connectivity index (χ1v) is 10.0. The average molecular weight is 395 g/mol. The molecule has 1 aliphatic heterocycles. The maximum Gasteiger partial charge on any atom is 0.251 e. The minimum atomic E-state index is -0.111. The number of rotatable bonds is 6. The molecular formula is C22H25N3O4. The first-order chi connectivity index (χ1) is 14.2. The van der Waals surface area contributed by atoms with Gasteiger partial charge in [0.1, 0.15) is 0 Å². The maximum absolute atomic E-state index is 12.4. The van der Waals surface area contributed by atoms with Crippen LogP contribution in [0.2, 0.25) is 0 Å². The van der Waals surface area contributed by atoms with E-state index in [1.807, 2.05) is 12.1 Å². The Morgan fingerprint density at radius 3 is 2.66 bits per heavy atom. The number of hydrogen-bond acceptors (Lipinski definition) is 5. The van der Waals surface area contributed by atoms with Gasteiger partial charge < -0.3 is 20.1 Å². The number of pyridine rings is 1. The summed E-state index contributed by atoms with van der Waals surface area (Å²) in [6, 6.07) is 9.03. The van der Waals surface area contributed by atoms with Crippen molar-refractivity contribution in [3.8, 4) is 11.5 Å². The number of carbonyl (C=O) groups excluding carboxylic acids is 2. The number of carbonyl (C=O) groups is 2. The van der Waals surface area contributed by atoms with Crippen molar-refractivity contribution in [1.82, 2.24) is 15.6 Å². The Bertz CT molecular complexity index is 864. The third kappa shape index (κ3) is 4.85. The number of ether oxygens (including phenoxy) is 2. The number of amides is 2. The number of aromatic nitrogens is 1. The average Bonchev–Trinajstić information content (AvgIpc) is 3.25. The zero-order valence-electron chi connectivity index (χ0n) is 16.2. The molecule has 1 aliphatic carbocycles. The summed E-state index contributed by atoms with van der Waals surface area (Å²) in [6.07, 6.45) is 7.06. The number of nitrogens with one attached hydrogen (secondary N) is 2. The Labute approximate surface area is 169 Å². The quantitative estimate of drug-likeness (QED) is 0.785. The number of hydrogen-bond donors (Lipinski definition) is 2. The lowest BCUT2D eigenvalue weighted by atomic mass is 9.81. The van der Waals surface area contributed by atoms with Crippen molar-refractivity contribution in [1.29, 1.82) is 0 Å². The van der Waals surface area contributed by atoms with E-state index in [0.29, 0.717) is 36.1 Å². The molecule has 1 saturated carbocycles. The predicted molar refractivity (Wildman–Crippen MR) is 106 cm³/mol. The summed E-state index contributed by atoms with van der Waals surface area (Å²) in [5.41, 5.74) is 1.57. The van der Waals surface area contributed by atoms with Gasteiger partial charge in [0.2, 0.25) is 12.7 Å². The van der Waals surface area contributed by atoms with Crippen molar-refractivity contribution in [2.45, 2.75) is 32.2 Å². The van der Waals surface area contributed by atoms with E-state index in [0.717, 1.165) is 31.2 Å². The Hall–Kier alpha value is -3.09. The van der Waals surface area contributed by atoms with Crippen molar-refractivity contribution in [2.75, 3.05) is 13.3 Å². The van der Waals surface area contributed by atoms with Crippen molar-refractivity contribution < 1.29 is 19.1 Å². The Morgan fingerprint density at radius 2 is 1.86 bits per heavy atom. The Balaban J connectivity index is 1.19. The molecule has 2 aromatic rings. The van der Waals surface area contributed by atoms with Crippen LogP contribution in [0.1, 0.15) is 41.6 Å². The van der Waals surface area contributed by atoms with Gasteiger partial charge in [-0.3, -0.25) is 14.6 Å². The molecule has 0 radical (unpaired) electrons. The summed E-state index contributed by atoms with van der Waals surface area (Å²) in [6.45, 7) is 1.33. The van der Waals surface area contributed by atoms with Crippen molar-refractivity contribution in [3.63, 3.8) is 0 Å². The fraction of sp³-hybridized carbons (Fsp3) is 0.409. The molecule has 2 heterocycles. The third-order valence-electron chi connectivity index (χ3n) is 5.59. The summed E-state index contributed by atoms with van der Waals surface area (Å²) in [7, 11) is 0. The van der Waals surface area contributed by atoms with Crippen LogP contribution in [0.5, 0.6) is 11.5 Å². The van der Waals surface area contributed by atoms with Crippen LogP contribution in [0, 0.1) is 11.8 Å². The summed E-state index contributed by atoms with van der Waals surface area (Å²) in [4.78, 5) is 28.9. The van der Waals surface area contributed by atoms with Gasteiger partial charge in [-0.2, -0.15) is 0 Å². The molecule has 1 aromatic carbocycles. The summed E-state index contributed by atoms with van der Waals surface area (Å²) >= 11 is 0. The van der Waals surface area contributed by atoms with Gasteiger partial charge in [0, 0.05) is 37.0 Å². The molecule has 1 fully saturated rings. The van der Waals surface area contributed by atoms with E-state index in [9.17, 15) is 9.59 Å². The Kier molecular flexibility index (Phi) is 5.93. The normalized spacial score (nSPS) is 20.1. The second-order valence-corrected chi connectivity index (χ2v) is 7.57. The highest BCUT2D eigenvalue weighted by Crippen LogP contribution is 2.32. The molecule has 7 heteroatoms. The summed E-state index contributed by atoms with van der Waals surface area (Å²) in [5.74, 6) is 1.72. The lowest BCUT2D eigenvalue weighted by Crippen LogP contribution is -2.36. The van der Waals surface area contributed by atoms with Crippen LogP contribution < -0.4 is 20.1 Å². The van der Waals surface area contributed by atoms with Gasteiger partial charge in [0.25, 0.3) is 5.91 Å². The van der Waals surface area contributed by atoms with Gasteiger partial charge >= 0.3 is 0 Å². The van der Waals surface area contributed by atoms with Crippen LogP contribution in [0.25, 0.3) is 0 Å². The lowest BCUT2D eigenvalue weighted by Gasteiger charge is -2.28. The largest absolute Gasteiger partial charge is 0.454 e. The maximum atomic E-state index is 12.4. The standard InChI is InChI=1S/C22H25N3O4/c26-21(25-13-16-2-1-9-23-11-16)17-5-3-15(4-6-17)12-24-22(27)18-7-8-19-20(10-18)29-14-28-19/h1-2,7-11,15,17H,3-6,12-14H2,(H,24,27)(H,25,26). The second kappa shape index (κ2) is 8.94. The van der Waals surface area contributed by atoms with Gasteiger partial charge in [-0.15, -0.1) is 0 Å². The molecule has 0 bridgehead atoms. The molecule has 1 aromatic heterocycles. The molecule has 0 atom stereocenters. The SMILES string of the molecule is O=C(NCC1CCC(C(=O)NCc2cccnc2)CC1)c1ccc2c(c1)OCO2. The van der Waals surface area contributed by atoms with E-state index in [2.05, 4.69) is 15.6 Å². The lowest BCUT2D eigenvalue weighted by molar-refractivity contribution is -0.126. The second-order valence-electron chi connectivity index (χ2n) is 7.57. The number of nitrogens with zero attached hydrogens (tertiary/aromatic N) is 1. The molecule has 0 saturated heterocycles. The highest BCUT2D eigenvalue weighted by atomic mass is 16.7. The zero-order valence-corrected chi connectivity index (χ0v) is 16.2. The Morgan fingerprint density at radius 1 is 1.03 bits per heavy atom. The highest BCUT2D eigenvalue weighted by molar-refractivity contribution is 5.94. The minimum absolute atomic E-state index is 0.0486. The number of benzene rings is 1. The van der Waals surface area contributed by atoms with Crippen LogP contribution in [-0.2, 0) is 11.3 Å². The molecule has 4 rings (SSSR count). The monoisotopic (exact) mass is 395 g/mol. The van der Waals surface area contributed by atoms with E-state index in [1.54, 1.807) is 30.6 Å². The molecule has 2 amide bonds. The van der Waals surface area contributed by atoms with Gasteiger partial charge in [-0.05, 0) is 61.4 Å². The summed E-state index contributed by atoms with van der Waals surface area (Å²) in [5, 5.41) is 6.01. The molecular weight excluding hydrogens is 370 g/mol. The summed E-state index contributed by atoms with van der Waals surface area (Å²) < 4.78 is 10.6. The number of fused-ring (bicyclic) bond motifs is 1. The van der Waals surface area contributed by atoms with E-state index >= 15 is 0 Å². The molecule has 0 spiro atoms. The first kappa shape index (κ1) is 19.2. The van der Waals surface area contributed by atoms with Crippen molar-refractivity contribution in [3.05, 3.63) is 53.9 Å². The molecule has 7 nitrogen and oxygen atoms in total. The molecule has 2 N–H and O–H groups in total. The van der Waals surface area contributed by atoms with Gasteiger partial charge in [0.15, 0.2) is 11.5 Å². The van der Waals surface area contributed by atoms with Gasteiger partial charge in [-0.25, -0.2) is 0 Å². The zero-order chi connectivity index (χ0) is 20.1. The van der Waals surface area contributed by atoms with Crippen LogP contribution in [0.3, 0.4) is 0 Å². The highest BCUT2D eigenvalue weighted by Gasteiger charge is 2.26. The van der Waals surface area contributed by atoms with Crippen LogP contribution in [0.15, 0.2) is 42.7 Å². The van der Waals surface area contributed by atoms with E-state index in [4.69, 9.17) is 9.47 Å². The molecule has 2 aliphatic rings. The van der Waals surface area contributed by atoms with Crippen molar-refractivity contribution >= 4 is 11.8 Å². The van der Waals surface area contributed by atoms with Crippen LogP contribution >= 0.6 is 0 Å². The fourth-order valence-corrected chi connectivity index (χ4v) is 3.84. The molecule has 29 heavy (non-hydrogen) atoms. The van der Waals surface area contributed by atoms with Crippen LogP contribution in [0.4, 0.5) is 0 Å². The fourth-order valence-electron chi connectivity index (χ4n) is 3.84. The molecule has 152 valence electrons. The van der Waals surface area contributed by atoms with E-state index in [1.165, 1.54) is 0 Å².